The molecule has 0 spiro atoms. The Morgan fingerprint density at radius 2 is 1.64 bits per heavy atom. The highest BCUT2D eigenvalue weighted by Gasteiger charge is 2.15. The summed E-state index contributed by atoms with van der Waals surface area (Å²) in [5.41, 5.74) is 9.39. The van der Waals surface area contributed by atoms with Crippen LogP contribution in [0.5, 0.6) is 0 Å². The molecule has 0 unspecified atom stereocenters. The molecule has 0 aliphatic rings. The van der Waals surface area contributed by atoms with Crippen LogP contribution in [0.3, 0.4) is 0 Å². The van der Waals surface area contributed by atoms with Gasteiger partial charge in [-0.15, -0.1) is 0 Å². The molecule has 3 N–H and O–H groups in total. The second kappa shape index (κ2) is 10.1. The number of rotatable bonds is 5. The van der Waals surface area contributed by atoms with E-state index in [9.17, 15) is 9.59 Å². The van der Waals surface area contributed by atoms with E-state index in [2.05, 4.69) is 35.2 Å². The van der Waals surface area contributed by atoms with E-state index >= 15 is 0 Å². The molecule has 166 valence electrons. The number of nitrogens with one attached hydrogen (secondary N) is 3. The molecule has 0 atom stereocenters. The topological polar surface area (TPSA) is 83.1 Å². The van der Waals surface area contributed by atoms with Gasteiger partial charge in [-0.1, -0.05) is 67.4 Å². The van der Waals surface area contributed by atoms with Gasteiger partial charge in [0.05, 0.1) is 16.8 Å². The number of nitrogens with zero attached hydrogens (tertiary/aromatic N) is 1. The van der Waals surface area contributed by atoms with Crippen molar-refractivity contribution in [2.75, 3.05) is 5.32 Å². The first-order chi connectivity index (χ1) is 16.0. The molecule has 0 fully saturated rings. The number of halogens is 1. The van der Waals surface area contributed by atoms with Crippen LogP contribution in [0.2, 0.25) is 5.02 Å². The lowest BCUT2D eigenvalue weighted by molar-refractivity contribution is 0.0939. The van der Waals surface area contributed by atoms with E-state index in [0.29, 0.717) is 32.9 Å². The fourth-order valence-electron chi connectivity index (χ4n) is 3.52. The fraction of sp³-hybridized carbons (Fsp3) is 0.115. The Morgan fingerprint density at radius 3 is 2.36 bits per heavy atom. The third kappa shape index (κ3) is 5.48. The van der Waals surface area contributed by atoms with Crippen molar-refractivity contribution in [2.45, 2.75) is 19.8 Å². The standard InChI is InChI=1S/C26H23ClN4O2/c1-2-5-17-8-10-18(11-9-17)24-16-22(21-6-3-4-7-23(21)29-24)25(32)30-31-26(33)28-20-14-12-19(27)13-15-20/h3-4,6-16H,2,5H2,1H3,(H,30,32)(H2,28,31,33). The highest BCUT2D eigenvalue weighted by Crippen LogP contribution is 2.25. The number of urea groups is 1. The van der Waals surface area contributed by atoms with E-state index in [1.54, 1.807) is 30.3 Å². The van der Waals surface area contributed by atoms with E-state index < -0.39 is 11.9 Å². The number of carbonyl (C=O) groups excluding carboxylic acids is 2. The number of anilines is 1. The van der Waals surface area contributed by atoms with Gasteiger partial charge in [0.2, 0.25) is 0 Å². The SMILES string of the molecule is CCCc1ccc(-c2cc(C(=O)NNC(=O)Nc3ccc(Cl)cc3)c3ccccc3n2)cc1. The smallest absolute Gasteiger partial charge is 0.307 e. The van der Waals surface area contributed by atoms with Crippen molar-refractivity contribution in [2.24, 2.45) is 0 Å². The summed E-state index contributed by atoms with van der Waals surface area (Å²) in [7, 11) is 0. The van der Waals surface area contributed by atoms with Crippen LogP contribution in [-0.4, -0.2) is 16.9 Å². The summed E-state index contributed by atoms with van der Waals surface area (Å²) in [5.74, 6) is -0.441. The largest absolute Gasteiger partial charge is 0.337 e. The number of carbonyl (C=O) groups is 2. The number of aromatic nitrogens is 1. The minimum absolute atomic E-state index is 0.417. The van der Waals surface area contributed by atoms with Crippen molar-refractivity contribution in [1.29, 1.82) is 0 Å². The van der Waals surface area contributed by atoms with Gasteiger partial charge in [0.25, 0.3) is 5.91 Å². The third-order valence-corrected chi connectivity index (χ3v) is 5.39. The van der Waals surface area contributed by atoms with Crippen LogP contribution in [0.1, 0.15) is 29.3 Å². The minimum atomic E-state index is -0.573. The Balaban J connectivity index is 1.54. The third-order valence-electron chi connectivity index (χ3n) is 5.14. The molecule has 3 amide bonds. The summed E-state index contributed by atoms with van der Waals surface area (Å²) >= 11 is 5.85. The number of pyridine rings is 1. The van der Waals surface area contributed by atoms with E-state index in [0.717, 1.165) is 18.4 Å². The molecule has 33 heavy (non-hydrogen) atoms. The van der Waals surface area contributed by atoms with E-state index in [4.69, 9.17) is 16.6 Å². The zero-order chi connectivity index (χ0) is 23.2. The highest BCUT2D eigenvalue weighted by molar-refractivity contribution is 6.30. The van der Waals surface area contributed by atoms with Crippen LogP contribution in [0.15, 0.2) is 78.9 Å². The summed E-state index contributed by atoms with van der Waals surface area (Å²) in [5, 5.41) is 3.89. The number of amides is 3. The van der Waals surface area contributed by atoms with Crippen molar-refractivity contribution < 1.29 is 9.59 Å². The van der Waals surface area contributed by atoms with Crippen LogP contribution >= 0.6 is 11.6 Å². The molecule has 0 radical (unpaired) electrons. The molecule has 0 saturated carbocycles. The van der Waals surface area contributed by atoms with Crippen LogP contribution in [0.4, 0.5) is 10.5 Å². The van der Waals surface area contributed by atoms with Crippen LogP contribution < -0.4 is 16.2 Å². The van der Waals surface area contributed by atoms with E-state index in [-0.39, 0.29) is 0 Å². The van der Waals surface area contributed by atoms with Crippen molar-refractivity contribution in [3.05, 3.63) is 95.0 Å². The lowest BCUT2D eigenvalue weighted by Crippen LogP contribution is -2.44. The number of hydrogen-bond acceptors (Lipinski definition) is 3. The minimum Gasteiger partial charge on any atom is -0.307 e. The van der Waals surface area contributed by atoms with Crippen molar-refractivity contribution in [3.8, 4) is 11.3 Å². The second-order valence-electron chi connectivity index (χ2n) is 7.56. The normalized spacial score (nSPS) is 10.6. The molecule has 0 saturated heterocycles. The van der Waals surface area contributed by atoms with Crippen molar-refractivity contribution in [1.82, 2.24) is 15.8 Å². The molecular formula is C26H23ClN4O2. The van der Waals surface area contributed by atoms with Gasteiger partial charge in [0.1, 0.15) is 0 Å². The summed E-state index contributed by atoms with van der Waals surface area (Å²) in [6.45, 7) is 2.15. The van der Waals surface area contributed by atoms with Crippen LogP contribution in [0, 0.1) is 0 Å². The summed E-state index contributed by atoms with van der Waals surface area (Å²) < 4.78 is 0. The number of benzene rings is 3. The Morgan fingerprint density at radius 1 is 0.909 bits per heavy atom. The molecule has 4 rings (SSSR count). The zero-order valence-corrected chi connectivity index (χ0v) is 18.8. The highest BCUT2D eigenvalue weighted by atomic mass is 35.5. The predicted octanol–water partition coefficient (Wildman–Crippen LogP) is 5.97. The maximum atomic E-state index is 13.0. The van der Waals surface area contributed by atoms with Crippen molar-refractivity contribution >= 4 is 40.1 Å². The molecule has 4 aromatic rings. The zero-order valence-electron chi connectivity index (χ0n) is 18.1. The number of hydrogen-bond donors (Lipinski definition) is 3. The molecule has 6 nitrogen and oxygen atoms in total. The van der Waals surface area contributed by atoms with Gasteiger partial charge < -0.3 is 5.32 Å². The molecular weight excluding hydrogens is 436 g/mol. The van der Waals surface area contributed by atoms with Gasteiger partial charge in [-0.25, -0.2) is 15.2 Å². The maximum absolute atomic E-state index is 13.0. The first-order valence-electron chi connectivity index (χ1n) is 10.7. The first kappa shape index (κ1) is 22.3. The van der Waals surface area contributed by atoms with Gasteiger partial charge in [-0.05, 0) is 48.4 Å². The number of para-hydroxylation sites is 1. The summed E-state index contributed by atoms with van der Waals surface area (Å²) in [6, 6.07) is 23.4. The maximum Gasteiger partial charge on any atom is 0.337 e. The summed E-state index contributed by atoms with van der Waals surface area (Å²) in [6.07, 6.45) is 2.10. The first-order valence-corrected chi connectivity index (χ1v) is 11.0. The Kier molecular flexibility index (Phi) is 6.86. The molecule has 7 heteroatoms. The average Bonchev–Trinajstić information content (AvgIpc) is 2.84. The quantitative estimate of drug-likeness (QED) is 0.322. The van der Waals surface area contributed by atoms with E-state index in [1.807, 2.05) is 36.4 Å². The monoisotopic (exact) mass is 458 g/mol. The summed E-state index contributed by atoms with van der Waals surface area (Å²) in [4.78, 5) is 29.9. The average molecular weight is 459 g/mol. The lowest BCUT2D eigenvalue weighted by atomic mass is 10.0. The van der Waals surface area contributed by atoms with Crippen LogP contribution in [-0.2, 0) is 6.42 Å². The predicted molar refractivity (Wildman–Crippen MR) is 132 cm³/mol. The van der Waals surface area contributed by atoms with Gasteiger partial charge in [0.15, 0.2) is 0 Å². The molecule has 3 aromatic carbocycles. The number of aryl methyl sites for hydroxylation is 1. The Labute approximate surface area is 197 Å². The molecule has 0 aliphatic heterocycles. The molecule has 1 heterocycles. The lowest BCUT2D eigenvalue weighted by Gasteiger charge is -2.12. The van der Waals surface area contributed by atoms with Gasteiger partial charge in [-0.2, -0.15) is 0 Å². The Bertz CT molecular complexity index is 1290. The molecule has 0 aliphatic carbocycles. The fourth-order valence-corrected chi connectivity index (χ4v) is 3.64. The van der Waals surface area contributed by atoms with Crippen molar-refractivity contribution in [3.63, 3.8) is 0 Å². The van der Waals surface area contributed by atoms with Crippen LogP contribution in [0.25, 0.3) is 22.2 Å². The number of hydrazine groups is 1. The van der Waals surface area contributed by atoms with Gasteiger partial charge in [0, 0.05) is 21.7 Å². The van der Waals surface area contributed by atoms with E-state index in [1.165, 1.54) is 5.56 Å². The van der Waals surface area contributed by atoms with Gasteiger partial charge >= 0.3 is 6.03 Å². The molecule has 0 bridgehead atoms. The molecule has 1 aromatic heterocycles. The number of fused-ring (bicyclic) bond motifs is 1. The second-order valence-corrected chi connectivity index (χ2v) is 8.00. The Hall–Kier alpha value is -3.90. The van der Waals surface area contributed by atoms with Gasteiger partial charge in [-0.3, -0.25) is 10.2 Å².